The largest absolute Gasteiger partial charge is 0.497 e. The van der Waals surface area contributed by atoms with Crippen molar-refractivity contribution < 1.29 is 4.74 Å². The number of fused-ring (bicyclic) bond motifs is 1. The number of rotatable bonds is 3. The zero-order valence-corrected chi connectivity index (χ0v) is 11.1. The van der Waals surface area contributed by atoms with Gasteiger partial charge >= 0.3 is 0 Å². The first-order chi connectivity index (χ1) is 7.67. The van der Waals surface area contributed by atoms with E-state index in [1.54, 1.807) is 7.11 Å². The molecule has 0 bridgehead atoms. The van der Waals surface area contributed by atoms with E-state index in [2.05, 4.69) is 33.2 Å². The Kier molecular flexibility index (Phi) is 3.16. The van der Waals surface area contributed by atoms with Crippen LogP contribution in [0.5, 0.6) is 5.75 Å². The summed E-state index contributed by atoms with van der Waals surface area (Å²) in [4.78, 5) is 4.50. The number of nitrogens with zero attached hydrogens (tertiary/aromatic N) is 2. The normalized spacial score (nSPS) is 13.0. The Balaban J connectivity index is 2.62. The number of ether oxygens (including phenoxy) is 1. The van der Waals surface area contributed by atoms with E-state index >= 15 is 0 Å². The smallest absolute Gasteiger partial charge is 0.132 e. The lowest BCUT2D eigenvalue weighted by Gasteiger charge is -2.09. The average molecular weight is 284 g/mol. The van der Waals surface area contributed by atoms with Gasteiger partial charge in [0, 0.05) is 12.3 Å². The van der Waals surface area contributed by atoms with Gasteiger partial charge in [0.2, 0.25) is 0 Å². The van der Waals surface area contributed by atoms with Gasteiger partial charge in [0.1, 0.15) is 16.2 Å². The highest BCUT2D eigenvalue weighted by molar-refractivity contribution is 9.10. The Bertz CT molecular complexity index is 509. The molecule has 1 N–H and O–H groups in total. The Morgan fingerprint density at radius 1 is 1.56 bits per heavy atom. The molecule has 2 heterocycles. The van der Waals surface area contributed by atoms with Gasteiger partial charge in [-0.15, -0.1) is 0 Å². The maximum atomic E-state index is 5.20. The molecular weight excluding hydrogens is 270 g/mol. The maximum Gasteiger partial charge on any atom is 0.132 e. The summed E-state index contributed by atoms with van der Waals surface area (Å²) < 4.78 is 8.08. The zero-order valence-electron chi connectivity index (χ0n) is 9.49. The van der Waals surface area contributed by atoms with E-state index in [0.717, 1.165) is 21.7 Å². The van der Waals surface area contributed by atoms with E-state index in [9.17, 15) is 0 Å². The van der Waals surface area contributed by atoms with Gasteiger partial charge in [0.05, 0.1) is 18.7 Å². The van der Waals surface area contributed by atoms with E-state index in [1.807, 2.05) is 29.8 Å². The van der Waals surface area contributed by atoms with Crippen LogP contribution in [0.4, 0.5) is 0 Å². The van der Waals surface area contributed by atoms with Crippen LogP contribution < -0.4 is 10.1 Å². The van der Waals surface area contributed by atoms with E-state index in [-0.39, 0.29) is 6.04 Å². The van der Waals surface area contributed by atoms with E-state index < -0.39 is 0 Å². The highest BCUT2D eigenvalue weighted by Crippen LogP contribution is 2.25. The van der Waals surface area contributed by atoms with Crippen molar-refractivity contribution in [2.45, 2.75) is 13.0 Å². The minimum atomic E-state index is 0.201. The summed E-state index contributed by atoms with van der Waals surface area (Å²) in [6.07, 6.45) is 1.97. The van der Waals surface area contributed by atoms with Crippen molar-refractivity contribution in [1.29, 1.82) is 0 Å². The minimum absolute atomic E-state index is 0.201. The monoisotopic (exact) mass is 283 g/mol. The number of nitrogens with one attached hydrogen (secondary N) is 1. The van der Waals surface area contributed by atoms with Crippen molar-refractivity contribution in [1.82, 2.24) is 14.7 Å². The summed E-state index contributed by atoms with van der Waals surface area (Å²) in [6.45, 7) is 2.07. The topological polar surface area (TPSA) is 38.6 Å². The Labute approximate surface area is 103 Å². The van der Waals surface area contributed by atoms with E-state index in [4.69, 9.17) is 4.74 Å². The number of methoxy groups -OCH3 is 1. The summed E-state index contributed by atoms with van der Waals surface area (Å²) in [5.41, 5.74) is 1.01. The quantitative estimate of drug-likeness (QED) is 0.940. The molecule has 0 saturated carbocycles. The maximum absolute atomic E-state index is 5.20. The van der Waals surface area contributed by atoms with Gasteiger partial charge < -0.3 is 14.5 Å². The van der Waals surface area contributed by atoms with Gasteiger partial charge in [-0.05, 0) is 36.0 Å². The fourth-order valence-corrected chi connectivity index (χ4v) is 2.10. The number of aromatic nitrogens is 2. The second-order valence-corrected chi connectivity index (χ2v) is 4.34. The van der Waals surface area contributed by atoms with E-state index in [1.165, 1.54) is 0 Å². The molecule has 0 radical (unpaired) electrons. The molecule has 86 valence electrons. The predicted molar refractivity (Wildman–Crippen MR) is 66.9 cm³/mol. The molecule has 2 aromatic heterocycles. The third kappa shape index (κ3) is 1.81. The summed E-state index contributed by atoms with van der Waals surface area (Å²) in [7, 11) is 3.58. The summed E-state index contributed by atoms with van der Waals surface area (Å²) in [5.74, 6) is 1.81. The third-order valence-corrected chi connectivity index (χ3v) is 3.24. The number of hydrogen-bond acceptors (Lipinski definition) is 3. The van der Waals surface area contributed by atoms with Crippen LogP contribution in [-0.2, 0) is 0 Å². The lowest BCUT2D eigenvalue weighted by atomic mass is 10.3. The summed E-state index contributed by atoms with van der Waals surface area (Å²) in [6, 6.07) is 4.09. The standard InChI is InChI=1S/C11H14BrN3O/c1-7(13-2)11-14-10(12)9-6-8(16-3)4-5-15(9)11/h4-7,13H,1-3H3. The van der Waals surface area contributed by atoms with Crippen molar-refractivity contribution in [3.05, 3.63) is 28.8 Å². The van der Waals surface area contributed by atoms with Crippen LogP contribution in [-0.4, -0.2) is 23.5 Å². The second kappa shape index (κ2) is 4.43. The van der Waals surface area contributed by atoms with Gasteiger partial charge in [0.25, 0.3) is 0 Å². The van der Waals surface area contributed by atoms with Crippen molar-refractivity contribution in [2.24, 2.45) is 0 Å². The molecular formula is C11H14BrN3O. The molecule has 2 aromatic rings. The third-order valence-electron chi connectivity index (χ3n) is 2.65. The summed E-state index contributed by atoms with van der Waals surface area (Å²) >= 11 is 3.46. The molecule has 0 amide bonds. The van der Waals surface area contributed by atoms with Crippen LogP contribution in [0.1, 0.15) is 18.8 Å². The van der Waals surface area contributed by atoms with Crippen LogP contribution in [0.2, 0.25) is 0 Å². The summed E-state index contributed by atoms with van der Waals surface area (Å²) in [5, 5.41) is 3.18. The molecule has 0 fully saturated rings. The van der Waals surface area contributed by atoms with Crippen molar-refractivity contribution in [3.8, 4) is 5.75 Å². The molecule has 16 heavy (non-hydrogen) atoms. The fraction of sp³-hybridized carbons (Fsp3) is 0.364. The lowest BCUT2D eigenvalue weighted by Crippen LogP contribution is -2.15. The van der Waals surface area contributed by atoms with Crippen LogP contribution in [0.25, 0.3) is 5.52 Å². The van der Waals surface area contributed by atoms with Crippen molar-refractivity contribution in [2.75, 3.05) is 14.2 Å². The molecule has 1 atom stereocenters. The Hall–Kier alpha value is -1.07. The molecule has 5 heteroatoms. The highest BCUT2D eigenvalue weighted by atomic mass is 79.9. The first-order valence-electron chi connectivity index (χ1n) is 5.06. The van der Waals surface area contributed by atoms with Crippen LogP contribution in [0, 0.1) is 0 Å². The molecule has 0 aliphatic heterocycles. The first kappa shape index (κ1) is 11.4. The molecule has 0 aliphatic rings. The van der Waals surface area contributed by atoms with Gasteiger partial charge in [-0.2, -0.15) is 0 Å². The minimum Gasteiger partial charge on any atom is -0.497 e. The Morgan fingerprint density at radius 2 is 2.31 bits per heavy atom. The van der Waals surface area contributed by atoms with Gasteiger partial charge in [-0.3, -0.25) is 0 Å². The number of hydrogen-bond donors (Lipinski definition) is 1. The second-order valence-electron chi connectivity index (χ2n) is 3.59. The number of imidazole rings is 1. The number of halogens is 1. The van der Waals surface area contributed by atoms with Gasteiger partial charge in [0.15, 0.2) is 0 Å². The number of pyridine rings is 1. The fourth-order valence-electron chi connectivity index (χ4n) is 1.61. The lowest BCUT2D eigenvalue weighted by molar-refractivity contribution is 0.414. The molecule has 0 spiro atoms. The molecule has 0 aliphatic carbocycles. The van der Waals surface area contributed by atoms with Gasteiger partial charge in [-0.25, -0.2) is 4.98 Å². The molecule has 0 saturated heterocycles. The molecule has 0 aromatic carbocycles. The SMILES string of the molecule is CNC(C)c1nc(Br)c2cc(OC)ccn12. The Morgan fingerprint density at radius 3 is 2.94 bits per heavy atom. The molecule has 2 rings (SSSR count). The highest BCUT2D eigenvalue weighted by Gasteiger charge is 2.14. The predicted octanol–water partition coefficient (Wildman–Crippen LogP) is 2.39. The van der Waals surface area contributed by atoms with Gasteiger partial charge in [-0.1, -0.05) is 0 Å². The van der Waals surface area contributed by atoms with Crippen molar-refractivity contribution >= 4 is 21.4 Å². The first-order valence-corrected chi connectivity index (χ1v) is 5.85. The molecule has 4 nitrogen and oxygen atoms in total. The average Bonchev–Trinajstić information content (AvgIpc) is 2.65. The van der Waals surface area contributed by atoms with Crippen LogP contribution in [0.15, 0.2) is 22.9 Å². The van der Waals surface area contributed by atoms with Crippen LogP contribution >= 0.6 is 15.9 Å². The molecule has 1 unspecified atom stereocenters. The van der Waals surface area contributed by atoms with E-state index in [0.29, 0.717) is 0 Å². The van der Waals surface area contributed by atoms with Crippen molar-refractivity contribution in [3.63, 3.8) is 0 Å². The zero-order chi connectivity index (χ0) is 11.7. The van der Waals surface area contributed by atoms with Crippen LogP contribution in [0.3, 0.4) is 0 Å².